The average molecular weight is 340 g/mol. The van der Waals surface area contributed by atoms with Crippen LogP contribution in [0.5, 0.6) is 0 Å². The van der Waals surface area contributed by atoms with E-state index in [4.69, 9.17) is 0 Å². The zero-order valence-electron chi connectivity index (χ0n) is 13.5. The number of nitrogens with zero attached hydrogens (tertiary/aromatic N) is 4. The minimum absolute atomic E-state index is 0.289. The van der Waals surface area contributed by atoms with Crippen molar-refractivity contribution >= 4 is 17.3 Å². The highest BCUT2D eigenvalue weighted by atomic mass is 19.1. The molecule has 1 aliphatic heterocycles. The van der Waals surface area contributed by atoms with Gasteiger partial charge in [-0.15, -0.1) is 0 Å². The van der Waals surface area contributed by atoms with Gasteiger partial charge in [-0.1, -0.05) is 0 Å². The largest absolute Gasteiger partial charge is 0.481 e. The Bertz CT molecular complexity index is 922. The highest BCUT2D eigenvalue weighted by Crippen LogP contribution is 2.28. The number of halogens is 1. The summed E-state index contributed by atoms with van der Waals surface area (Å²) in [6.07, 6.45) is 4.92. The van der Waals surface area contributed by atoms with Crippen molar-refractivity contribution in [3.8, 4) is 11.3 Å². The van der Waals surface area contributed by atoms with Crippen LogP contribution in [0.2, 0.25) is 0 Å². The standard InChI is InChI=1S/C18H17FN4O2/c19-14-5-3-12(4-6-14)15-10-16-17(20-7-9-23(16)21-15)22-8-1-2-13(11-22)18(24)25/h3-7,9-10,13H,1-2,8,11H2,(H,24,25)/t13-/m1/s1. The molecule has 1 saturated heterocycles. The number of hydrogen-bond acceptors (Lipinski definition) is 4. The van der Waals surface area contributed by atoms with Gasteiger partial charge in [-0.05, 0) is 43.2 Å². The van der Waals surface area contributed by atoms with Crippen LogP contribution in [0, 0.1) is 11.7 Å². The van der Waals surface area contributed by atoms with Gasteiger partial charge in [0.25, 0.3) is 0 Å². The highest BCUT2D eigenvalue weighted by molar-refractivity contribution is 5.76. The van der Waals surface area contributed by atoms with Crippen molar-refractivity contribution in [3.05, 3.63) is 48.5 Å². The fourth-order valence-corrected chi connectivity index (χ4v) is 3.28. The molecule has 25 heavy (non-hydrogen) atoms. The fraction of sp³-hybridized carbons (Fsp3) is 0.278. The summed E-state index contributed by atoms with van der Waals surface area (Å²) in [5, 5.41) is 13.8. The van der Waals surface area contributed by atoms with Crippen LogP contribution >= 0.6 is 0 Å². The smallest absolute Gasteiger partial charge is 0.308 e. The van der Waals surface area contributed by atoms with Crippen LogP contribution in [-0.2, 0) is 4.79 Å². The normalized spacial score (nSPS) is 17.8. The van der Waals surface area contributed by atoms with Gasteiger partial charge in [0.15, 0.2) is 5.82 Å². The van der Waals surface area contributed by atoms with Crippen molar-refractivity contribution in [2.24, 2.45) is 5.92 Å². The lowest BCUT2D eigenvalue weighted by Gasteiger charge is -2.31. The van der Waals surface area contributed by atoms with E-state index in [-0.39, 0.29) is 11.7 Å². The molecule has 0 aliphatic carbocycles. The second-order valence-electron chi connectivity index (χ2n) is 6.24. The van der Waals surface area contributed by atoms with Gasteiger partial charge in [-0.25, -0.2) is 13.9 Å². The number of carboxylic acids is 1. The monoisotopic (exact) mass is 340 g/mol. The molecule has 0 unspecified atom stereocenters. The van der Waals surface area contributed by atoms with Crippen LogP contribution in [0.15, 0.2) is 42.7 Å². The lowest BCUT2D eigenvalue weighted by molar-refractivity contribution is -0.141. The number of fused-ring (bicyclic) bond motifs is 1. The van der Waals surface area contributed by atoms with E-state index in [0.717, 1.165) is 35.6 Å². The van der Waals surface area contributed by atoms with Crippen LogP contribution in [0.1, 0.15) is 12.8 Å². The van der Waals surface area contributed by atoms with Crippen molar-refractivity contribution in [1.82, 2.24) is 14.6 Å². The molecular formula is C18H17FN4O2. The van der Waals surface area contributed by atoms with Crippen LogP contribution in [-0.4, -0.2) is 38.8 Å². The first-order valence-corrected chi connectivity index (χ1v) is 8.20. The third kappa shape index (κ3) is 2.93. The molecule has 0 saturated carbocycles. The lowest BCUT2D eigenvalue weighted by Crippen LogP contribution is -2.39. The van der Waals surface area contributed by atoms with Gasteiger partial charge in [0.05, 0.1) is 11.6 Å². The van der Waals surface area contributed by atoms with E-state index < -0.39 is 5.97 Å². The Hall–Kier alpha value is -2.96. The van der Waals surface area contributed by atoms with Gasteiger partial charge in [0, 0.05) is 31.0 Å². The molecule has 0 spiro atoms. The Morgan fingerprint density at radius 2 is 2.08 bits per heavy atom. The Morgan fingerprint density at radius 3 is 2.84 bits per heavy atom. The second-order valence-corrected chi connectivity index (χ2v) is 6.24. The molecule has 3 aromatic rings. The summed E-state index contributed by atoms with van der Waals surface area (Å²) in [6.45, 7) is 1.21. The van der Waals surface area contributed by atoms with Crippen molar-refractivity contribution < 1.29 is 14.3 Å². The van der Waals surface area contributed by atoms with E-state index in [1.165, 1.54) is 12.1 Å². The molecule has 0 radical (unpaired) electrons. The molecule has 128 valence electrons. The van der Waals surface area contributed by atoms with Crippen molar-refractivity contribution in [2.75, 3.05) is 18.0 Å². The number of piperidine rings is 1. The van der Waals surface area contributed by atoms with Gasteiger partial charge in [0.2, 0.25) is 0 Å². The number of aliphatic carboxylic acids is 1. The second kappa shape index (κ2) is 6.16. The first-order valence-electron chi connectivity index (χ1n) is 8.20. The summed E-state index contributed by atoms with van der Waals surface area (Å²) in [6, 6.07) is 8.08. The molecule has 1 aliphatic rings. The van der Waals surface area contributed by atoms with E-state index >= 15 is 0 Å². The maximum Gasteiger partial charge on any atom is 0.308 e. The third-order valence-corrected chi connectivity index (χ3v) is 4.58. The summed E-state index contributed by atoms with van der Waals surface area (Å²) in [5.41, 5.74) is 2.35. The van der Waals surface area contributed by atoms with Gasteiger partial charge >= 0.3 is 5.97 Å². The summed E-state index contributed by atoms with van der Waals surface area (Å²) < 4.78 is 14.9. The zero-order valence-corrected chi connectivity index (χ0v) is 13.5. The fourth-order valence-electron chi connectivity index (χ4n) is 3.28. The number of benzene rings is 1. The molecule has 1 fully saturated rings. The summed E-state index contributed by atoms with van der Waals surface area (Å²) in [5.74, 6) is -0.704. The van der Waals surface area contributed by atoms with Crippen molar-refractivity contribution in [3.63, 3.8) is 0 Å². The van der Waals surface area contributed by atoms with Gasteiger partial charge < -0.3 is 10.0 Å². The maximum atomic E-state index is 13.1. The third-order valence-electron chi connectivity index (χ3n) is 4.58. The number of anilines is 1. The minimum Gasteiger partial charge on any atom is -0.481 e. The molecule has 1 aromatic carbocycles. The average Bonchev–Trinajstić information content (AvgIpc) is 3.06. The van der Waals surface area contributed by atoms with Gasteiger partial charge in [0.1, 0.15) is 11.3 Å². The Kier molecular flexibility index (Phi) is 3.83. The first-order chi connectivity index (χ1) is 12.1. The minimum atomic E-state index is -0.767. The van der Waals surface area contributed by atoms with Crippen molar-refractivity contribution in [2.45, 2.75) is 12.8 Å². The van der Waals surface area contributed by atoms with Crippen molar-refractivity contribution in [1.29, 1.82) is 0 Å². The van der Waals surface area contributed by atoms with E-state index in [0.29, 0.717) is 13.0 Å². The molecule has 6 nitrogen and oxygen atoms in total. The molecule has 4 rings (SSSR count). The Labute approximate surface area is 143 Å². The zero-order chi connectivity index (χ0) is 17.4. The summed E-state index contributed by atoms with van der Waals surface area (Å²) >= 11 is 0. The van der Waals surface area contributed by atoms with Gasteiger partial charge in [-0.3, -0.25) is 4.79 Å². The van der Waals surface area contributed by atoms with Crippen LogP contribution in [0.25, 0.3) is 16.8 Å². The maximum absolute atomic E-state index is 13.1. The molecule has 0 amide bonds. The number of carbonyl (C=O) groups is 1. The number of hydrogen-bond donors (Lipinski definition) is 1. The Balaban J connectivity index is 1.72. The van der Waals surface area contributed by atoms with E-state index in [1.807, 2.05) is 11.0 Å². The van der Waals surface area contributed by atoms with Crippen LogP contribution < -0.4 is 4.90 Å². The molecule has 2 aromatic heterocycles. The van der Waals surface area contributed by atoms with Crippen LogP contribution in [0.3, 0.4) is 0 Å². The molecule has 1 N–H and O–H groups in total. The Morgan fingerprint density at radius 1 is 1.28 bits per heavy atom. The summed E-state index contributed by atoms with van der Waals surface area (Å²) in [7, 11) is 0. The molecule has 0 bridgehead atoms. The topological polar surface area (TPSA) is 70.7 Å². The van der Waals surface area contributed by atoms with E-state index in [1.54, 1.807) is 29.0 Å². The molecule has 1 atom stereocenters. The molecule has 3 heterocycles. The SMILES string of the molecule is O=C(O)[C@@H]1CCCN(c2nccn3nc(-c4ccc(F)cc4)cc23)C1. The molecular weight excluding hydrogens is 323 g/mol. The quantitative estimate of drug-likeness (QED) is 0.794. The predicted octanol–water partition coefficient (Wildman–Crippen LogP) is 2.84. The van der Waals surface area contributed by atoms with Gasteiger partial charge in [-0.2, -0.15) is 5.10 Å². The highest BCUT2D eigenvalue weighted by Gasteiger charge is 2.27. The number of carboxylic acid groups (broad SMARTS) is 1. The van der Waals surface area contributed by atoms with E-state index in [2.05, 4.69) is 10.1 Å². The summed E-state index contributed by atoms with van der Waals surface area (Å²) in [4.78, 5) is 17.8. The lowest BCUT2D eigenvalue weighted by atomic mass is 9.98. The van der Waals surface area contributed by atoms with Crippen LogP contribution in [0.4, 0.5) is 10.2 Å². The van der Waals surface area contributed by atoms with E-state index in [9.17, 15) is 14.3 Å². The first kappa shape index (κ1) is 15.6. The number of aromatic nitrogens is 3. The molecule has 7 heteroatoms. The predicted molar refractivity (Wildman–Crippen MR) is 91.0 cm³/mol. The number of rotatable bonds is 3.